The smallest absolute Gasteiger partial charge is 0.364 e. The molecule has 2 amide bonds. The lowest BCUT2D eigenvalue weighted by molar-refractivity contribution is -0.137. The second-order valence-corrected chi connectivity index (χ2v) is 9.74. The molecule has 0 saturated heterocycles. The molecule has 2 saturated carbocycles. The van der Waals surface area contributed by atoms with Crippen molar-refractivity contribution in [1.29, 1.82) is 0 Å². The number of carbonyl (C=O) groups excluding carboxylic acids is 2. The van der Waals surface area contributed by atoms with Crippen LogP contribution < -0.4 is 11.1 Å². The van der Waals surface area contributed by atoms with E-state index in [0.29, 0.717) is 12.8 Å². The topological polar surface area (TPSA) is 139 Å². The Hall–Kier alpha value is -3.53. The highest BCUT2D eigenvalue weighted by atomic mass is 19.4. The van der Waals surface area contributed by atoms with Crippen LogP contribution >= 0.6 is 0 Å². The van der Waals surface area contributed by atoms with Crippen molar-refractivity contribution in [1.82, 2.24) is 15.1 Å². The number of azide groups is 1. The molecule has 2 aliphatic rings. The van der Waals surface area contributed by atoms with Gasteiger partial charge in [-0.15, -0.1) is 0 Å². The van der Waals surface area contributed by atoms with E-state index in [-0.39, 0.29) is 59.9 Å². The number of nitrogens with one attached hydrogen (secondary N) is 1. The Bertz CT molecular complexity index is 1190. The summed E-state index contributed by atoms with van der Waals surface area (Å²) in [5, 5.41) is 11.0. The highest BCUT2D eigenvalue weighted by Crippen LogP contribution is 2.45. The fourth-order valence-corrected chi connectivity index (χ4v) is 5.30. The van der Waals surface area contributed by atoms with Gasteiger partial charge in [0, 0.05) is 35.0 Å². The SMILES string of the molecule is [N-]=[N+]=NCCC(CC(=O)NC1CCC1)c1c(C(N)=O)nn(C2CCCC2)c1-c1ccccc1C(F)(F)F. The molecular formula is C25H30F3N7O2. The average Bonchev–Trinajstić information content (AvgIpc) is 3.48. The number of amides is 2. The van der Waals surface area contributed by atoms with Crippen LogP contribution in [0.15, 0.2) is 29.4 Å². The second-order valence-electron chi connectivity index (χ2n) is 9.74. The number of benzene rings is 1. The first-order valence-electron chi connectivity index (χ1n) is 12.6. The maximum Gasteiger partial charge on any atom is 0.417 e. The van der Waals surface area contributed by atoms with Crippen molar-refractivity contribution in [3.8, 4) is 11.3 Å². The molecule has 4 rings (SSSR count). The Kier molecular flexibility index (Phi) is 8.06. The maximum atomic E-state index is 14.1. The average molecular weight is 518 g/mol. The third-order valence-electron chi connectivity index (χ3n) is 7.29. The zero-order chi connectivity index (χ0) is 26.6. The van der Waals surface area contributed by atoms with E-state index in [1.165, 1.54) is 22.9 Å². The summed E-state index contributed by atoms with van der Waals surface area (Å²) in [4.78, 5) is 28.3. The van der Waals surface area contributed by atoms with Crippen molar-refractivity contribution in [3.63, 3.8) is 0 Å². The Balaban J connectivity index is 1.90. The molecule has 1 unspecified atom stereocenters. The normalized spacial score (nSPS) is 17.2. The zero-order valence-electron chi connectivity index (χ0n) is 20.4. The van der Waals surface area contributed by atoms with Gasteiger partial charge in [0.05, 0.1) is 17.3 Å². The molecule has 0 radical (unpaired) electrons. The molecule has 1 heterocycles. The molecule has 198 valence electrons. The summed E-state index contributed by atoms with van der Waals surface area (Å²) < 4.78 is 44.0. The molecule has 1 aromatic carbocycles. The predicted octanol–water partition coefficient (Wildman–Crippen LogP) is 5.63. The van der Waals surface area contributed by atoms with Crippen LogP contribution in [0, 0.1) is 0 Å². The van der Waals surface area contributed by atoms with E-state index >= 15 is 0 Å². The zero-order valence-corrected chi connectivity index (χ0v) is 20.4. The number of nitrogens with zero attached hydrogens (tertiary/aromatic N) is 5. The summed E-state index contributed by atoms with van der Waals surface area (Å²) in [6.45, 7) is -0.00889. The molecule has 2 aromatic rings. The molecule has 1 atom stereocenters. The van der Waals surface area contributed by atoms with Crippen LogP contribution in [0.1, 0.15) is 91.4 Å². The van der Waals surface area contributed by atoms with E-state index in [0.717, 1.165) is 38.2 Å². The van der Waals surface area contributed by atoms with Crippen LogP contribution in [0.25, 0.3) is 21.7 Å². The summed E-state index contributed by atoms with van der Waals surface area (Å²) in [5.74, 6) is -1.90. The van der Waals surface area contributed by atoms with Gasteiger partial charge in [-0.05, 0) is 56.0 Å². The maximum absolute atomic E-state index is 14.1. The van der Waals surface area contributed by atoms with Gasteiger partial charge in [0.15, 0.2) is 5.69 Å². The molecule has 3 N–H and O–H groups in total. The second kappa shape index (κ2) is 11.2. The van der Waals surface area contributed by atoms with E-state index in [9.17, 15) is 22.8 Å². The lowest BCUT2D eigenvalue weighted by Gasteiger charge is -2.28. The monoisotopic (exact) mass is 517 g/mol. The molecule has 2 aliphatic carbocycles. The molecule has 37 heavy (non-hydrogen) atoms. The third-order valence-corrected chi connectivity index (χ3v) is 7.29. The number of primary amides is 1. The molecule has 0 aliphatic heterocycles. The number of hydrogen-bond donors (Lipinski definition) is 2. The van der Waals surface area contributed by atoms with Crippen LogP contribution in [-0.2, 0) is 11.0 Å². The van der Waals surface area contributed by atoms with Crippen LogP contribution in [0.2, 0.25) is 0 Å². The van der Waals surface area contributed by atoms with Gasteiger partial charge >= 0.3 is 6.18 Å². The van der Waals surface area contributed by atoms with Gasteiger partial charge in [0.2, 0.25) is 5.91 Å². The molecule has 9 nitrogen and oxygen atoms in total. The number of alkyl halides is 3. The van der Waals surface area contributed by atoms with Crippen molar-refractivity contribution in [2.45, 2.75) is 82.0 Å². The minimum atomic E-state index is -4.66. The quantitative estimate of drug-likeness (QED) is 0.240. The summed E-state index contributed by atoms with van der Waals surface area (Å²) in [6.07, 6.45) is 1.30. The standard InChI is InChI=1S/C25H30F3N7O2/c26-25(27,28)19-11-4-3-10-18(19)23-21(22(24(29)37)33-35(23)17-8-1-2-9-17)15(12-13-31-34-30)14-20(36)32-16-6-5-7-16/h3-4,10-11,15-17H,1-2,5-9,12-14H2,(H2,29,37)(H,32,36). The number of aromatic nitrogens is 2. The Morgan fingerprint density at radius 3 is 2.49 bits per heavy atom. The van der Waals surface area contributed by atoms with E-state index in [1.807, 2.05) is 0 Å². The van der Waals surface area contributed by atoms with Crippen molar-refractivity contribution in [3.05, 3.63) is 51.5 Å². The molecule has 1 aromatic heterocycles. The molecule has 0 bridgehead atoms. The Morgan fingerprint density at radius 2 is 1.89 bits per heavy atom. The van der Waals surface area contributed by atoms with Gasteiger partial charge < -0.3 is 11.1 Å². The van der Waals surface area contributed by atoms with E-state index in [2.05, 4.69) is 20.4 Å². The van der Waals surface area contributed by atoms with Gasteiger partial charge in [0.1, 0.15) is 0 Å². The van der Waals surface area contributed by atoms with Crippen LogP contribution in [-0.4, -0.2) is 34.2 Å². The van der Waals surface area contributed by atoms with Gasteiger partial charge in [0.25, 0.3) is 5.91 Å². The summed E-state index contributed by atoms with van der Waals surface area (Å²) in [6, 6.07) is 5.02. The van der Waals surface area contributed by atoms with Crippen LogP contribution in [0.4, 0.5) is 13.2 Å². The predicted molar refractivity (Wildman–Crippen MR) is 130 cm³/mol. The van der Waals surface area contributed by atoms with Crippen LogP contribution in [0.3, 0.4) is 0 Å². The van der Waals surface area contributed by atoms with Gasteiger partial charge in [-0.3, -0.25) is 14.3 Å². The third kappa shape index (κ3) is 5.90. The summed E-state index contributed by atoms with van der Waals surface area (Å²) >= 11 is 0. The number of halogens is 3. The van der Waals surface area contributed by atoms with Gasteiger partial charge in [-0.2, -0.15) is 18.3 Å². The fraction of sp³-hybridized carbons (Fsp3) is 0.560. The Labute approximate surface area is 212 Å². The number of nitrogens with two attached hydrogens (primary N) is 1. The first-order valence-corrected chi connectivity index (χ1v) is 12.6. The van der Waals surface area contributed by atoms with Crippen molar-refractivity contribution in [2.75, 3.05) is 6.54 Å². The highest BCUT2D eigenvalue weighted by molar-refractivity contribution is 5.95. The van der Waals surface area contributed by atoms with Gasteiger partial charge in [-0.1, -0.05) is 36.2 Å². The molecule has 2 fully saturated rings. The van der Waals surface area contributed by atoms with E-state index in [4.69, 9.17) is 11.3 Å². The minimum absolute atomic E-state index is 0.00889. The molecule has 12 heteroatoms. The van der Waals surface area contributed by atoms with E-state index < -0.39 is 23.6 Å². The molecule has 0 spiro atoms. The molecular weight excluding hydrogens is 487 g/mol. The summed E-state index contributed by atoms with van der Waals surface area (Å²) in [7, 11) is 0. The lowest BCUT2D eigenvalue weighted by atomic mass is 9.86. The first kappa shape index (κ1) is 26.5. The Morgan fingerprint density at radius 1 is 1.19 bits per heavy atom. The number of hydrogen-bond acceptors (Lipinski definition) is 4. The van der Waals surface area contributed by atoms with Crippen molar-refractivity contribution >= 4 is 11.8 Å². The summed E-state index contributed by atoms with van der Waals surface area (Å²) in [5.41, 5.74) is 13.7. The lowest BCUT2D eigenvalue weighted by Crippen LogP contribution is -2.40. The van der Waals surface area contributed by atoms with E-state index in [1.54, 1.807) is 0 Å². The first-order chi connectivity index (χ1) is 17.7. The number of carbonyl (C=O) groups is 2. The van der Waals surface area contributed by atoms with Crippen molar-refractivity contribution in [2.24, 2.45) is 10.8 Å². The van der Waals surface area contributed by atoms with Crippen molar-refractivity contribution < 1.29 is 22.8 Å². The minimum Gasteiger partial charge on any atom is -0.364 e. The fourth-order valence-electron chi connectivity index (χ4n) is 5.30. The highest BCUT2D eigenvalue weighted by Gasteiger charge is 2.39. The number of rotatable bonds is 10. The van der Waals surface area contributed by atoms with Crippen LogP contribution in [0.5, 0.6) is 0 Å². The largest absolute Gasteiger partial charge is 0.417 e. The van der Waals surface area contributed by atoms with Gasteiger partial charge in [-0.25, -0.2) is 0 Å².